The van der Waals surface area contributed by atoms with Crippen molar-refractivity contribution in [3.63, 3.8) is 0 Å². The van der Waals surface area contributed by atoms with Crippen molar-refractivity contribution in [1.82, 2.24) is 4.98 Å². The molecule has 6 nitrogen and oxygen atoms in total. The van der Waals surface area contributed by atoms with Gasteiger partial charge in [0.25, 0.3) is 0 Å². The van der Waals surface area contributed by atoms with Crippen LogP contribution in [0.15, 0.2) is 18.3 Å². The van der Waals surface area contributed by atoms with Crippen molar-refractivity contribution >= 4 is 11.8 Å². The zero-order chi connectivity index (χ0) is 13.7. The number of hydrogen-bond acceptors (Lipinski definition) is 6. The third-order valence-electron chi connectivity index (χ3n) is 3.29. The minimum Gasteiger partial charge on any atom is -0.465 e. The number of anilines is 1. The first-order chi connectivity index (χ1) is 9.21. The van der Waals surface area contributed by atoms with Gasteiger partial charge < -0.3 is 19.5 Å². The Kier molecular flexibility index (Phi) is 4.34. The number of rotatable bonds is 5. The summed E-state index contributed by atoms with van der Waals surface area (Å²) in [6.45, 7) is 1.75. The number of hydrogen-bond donors (Lipinski definition) is 1. The summed E-state index contributed by atoms with van der Waals surface area (Å²) < 4.78 is 15.6. The van der Waals surface area contributed by atoms with Gasteiger partial charge in [0.05, 0.1) is 13.7 Å². The molecule has 6 heteroatoms. The van der Waals surface area contributed by atoms with Gasteiger partial charge in [0.2, 0.25) is 0 Å². The second-order valence-electron chi connectivity index (χ2n) is 4.43. The predicted octanol–water partition coefficient (Wildman–Crippen LogP) is 1.09. The van der Waals surface area contributed by atoms with Crippen molar-refractivity contribution in [3.05, 3.63) is 23.9 Å². The van der Waals surface area contributed by atoms with E-state index in [-0.39, 0.29) is 5.60 Å². The van der Waals surface area contributed by atoms with Gasteiger partial charge in [-0.15, -0.1) is 0 Å². The van der Waals surface area contributed by atoms with E-state index in [4.69, 9.17) is 14.2 Å². The second-order valence-corrected chi connectivity index (χ2v) is 4.43. The fourth-order valence-electron chi connectivity index (χ4n) is 2.03. The molecule has 2 heterocycles. The quantitative estimate of drug-likeness (QED) is 0.804. The van der Waals surface area contributed by atoms with Crippen LogP contribution in [0.5, 0.6) is 0 Å². The van der Waals surface area contributed by atoms with Gasteiger partial charge in [-0.3, -0.25) is 0 Å². The lowest BCUT2D eigenvalue weighted by molar-refractivity contribution is -0.00628. The SMILES string of the molecule is COC(=O)c1cccnc1NCC1(OC)CCOC1. The van der Waals surface area contributed by atoms with Gasteiger partial charge in [0.1, 0.15) is 17.0 Å². The van der Waals surface area contributed by atoms with Gasteiger partial charge in [0.15, 0.2) is 0 Å². The fraction of sp³-hybridized carbons (Fsp3) is 0.538. The van der Waals surface area contributed by atoms with Crippen LogP contribution in [0.25, 0.3) is 0 Å². The molecular formula is C13H18N2O4. The lowest BCUT2D eigenvalue weighted by Crippen LogP contribution is -2.40. The van der Waals surface area contributed by atoms with E-state index >= 15 is 0 Å². The predicted molar refractivity (Wildman–Crippen MR) is 69.2 cm³/mol. The van der Waals surface area contributed by atoms with Crippen LogP contribution in [0.3, 0.4) is 0 Å². The average molecular weight is 266 g/mol. The highest BCUT2D eigenvalue weighted by Crippen LogP contribution is 2.23. The van der Waals surface area contributed by atoms with E-state index in [1.165, 1.54) is 7.11 Å². The first kappa shape index (κ1) is 13.8. The van der Waals surface area contributed by atoms with Crippen LogP contribution in [0.2, 0.25) is 0 Å². The average Bonchev–Trinajstić information content (AvgIpc) is 2.94. The molecule has 0 spiro atoms. The number of carbonyl (C=O) groups excluding carboxylic acids is 1. The van der Waals surface area contributed by atoms with E-state index in [2.05, 4.69) is 10.3 Å². The largest absolute Gasteiger partial charge is 0.465 e. The summed E-state index contributed by atoms with van der Waals surface area (Å²) in [4.78, 5) is 15.8. The van der Waals surface area contributed by atoms with Crippen molar-refractivity contribution in [1.29, 1.82) is 0 Å². The Hall–Kier alpha value is -1.66. The Morgan fingerprint density at radius 2 is 2.42 bits per heavy atom. The second kappa shape index (κ2) is 5.99. The topological polar surface area (TPSA) is 69.7 Å². The molecule has 1 aromatic rings. The molecule has 0 amide bonds. The monoisotopic (exact) mass is 266 g/mol. The number of methoxy groups -OCH3 is 2. The summed E-state index contributed by atoms with van der Waals surface area (Å²) in [5.74, 6) is 0.0856. The molecule has 1 N–H and O–H groups in total. The molecule has 1 aliphatic heterocycles. The fourth-order valence-corrected chi connectivity index (χ4v) is 2.03. The van der Waals surface area contributed by atoms with Crippen molar-refractivity contribution in [3.8, 4) is 0 Å². The Morgan fingerprint density at radius 1 is 1.58 bits per heavy atom. The molecule has 0 saturated carbocycles. The standard InChI is InChI=1S/C13H18N2O4/c1-17-12(16)10-4-3-6-14-11(10)15-8-13(18-2)5-7-19-9-13/h3-4,6H,5,7-9H2,1-2H3,(H,14,15). The van der Waals surface area contributed by atoms with Gasteiger partial charge in [-0.25, -0.2) is 9.78 Å². The van der Waals surface area contributed by atoms with Crippen LogP contribution in [0, 0.1) is 0 Å². The summed E-state index contributed by atoms with van der Waals surface area (Å²) in [6.07, 6.45) is 2.44. The third-order valence-corrected chi connectivity index (χ3v) is 3.29. The van der Waals surface area contributed by atoms with E-state index < -0.39 is 5.97 Å². The molecule has 0 aliphatic carbocycles. The van der Waals surface area contributed by atoms with Gasteiger partial charge in [-0.05, 0) is 12.1 Å². The van der Waals surface area contributed by atoms with Gasteiger partial charge >= 0.3 is 5.97 Å². The Morgan fingerprint density at radius 3 is 3.05 bits per heavy atom. The van der Waals surface area contributed by atoms with Crippen LogP contribution in [-0.2, 0) is 14.2 Å². The van der Waals surface area contributed by atoms with Crippen LogP contribution >= 0.6 is 0 Å². The molecule has 1 aliphatic rings. The summed E-state index contributed by atoms with van der Waals surface area (Å²) in [5.41, 5.74) is 0.0560. The van der Waals surface area contributed by atoms with Crippen molar-refractivity contribution in [2.24, 2.45) is 0 Å². The number of pyridine rings is 1. The number of aromatic nitrogens is 1. The summed E-state index contributed by atoms with van der Waals surface area (Å²) in [5, 5.41) is 3.15. The molecule has 0 bridgehead atoms. The maximum Gasteiger partial charge on any atom is 0.341 e. The highest BCUT2D eigenvalue weighted by molar-refractivity contribution is 5.94. The van der Waals surface area contributed by atoms with Crippen molar-refractivity contribution in [2.75, 3.05) is 39.3 Å². The summed E-state index contributed by atoms with van der Waals surface area (Å²) in [7, 11) is 3.01. The Bertz CT molecular complexity index is 444. The number of ether oxygens (including phenoxy) is 3. The van der Waals surface area contributed by atoms with Crippen LogP contribution in [-0.4, -0.2) is 50.5 Å². The minimum absolute atomic E-state index is 0.356. The molecule has 1 unspecified atom stereocenters. The normalized spacial score (nSPS) is 22.2. The zero-order valence-electron chi connectivity index (χ0n) is 11.1. The summed E-state index contributed by atoms with van der Waals surface area (Å²) >= 11 is 0. The molecule has 0 aromatic carbocycles. The number of nitrogens with one attached hydrogen (secondary N) is 1. The first-order valence-electron chi connectivity index (χ1n) is 6.11. The Balaban J connectivity index is 2.09. The molecule has 1 fully saturated rings. The number of carbonyl (C=O) groups is 1. The molecule has 19 heavy (non-hydrogen) atoms. The number of nitrogens with zero attached hydrogens (tertiary/aromatic N) is 1. The van der Waals surface area contributed by atoms with E-state index in [9.17, 15) is 4.79 Å². The maximum absolute atomic E-state index is 11.6. The highest BCUT2D eigenvalue weighted by Gasteiger charge is 2.35. The van der Waals surface area contributed by atoms with Gasteiger partial charge in [-0.2, -0.15) is 0 Å². The van der Waals surface area contributed by atoms with Crippen molar-refractivity contribution in [2.45, 2.75) is 12.0 Å². The minimum atomic E-state index is -0.412. The smallest absolute Gasteiger partial charge is 0.341 e. The lowest BCUT2D eigenvalue weighted by Gasteiger charge is -2.26. The molecule has 1 saturated heterocycles. The van der Waals surface area contributed by atoms with E-state index in [0.29, 0.717) is 31.1 Å². The van der Waals surface area contributed by atoms with E-state index in [1.807, 2.05) is 0 Å². The first-order valence-corrected chi connectivity index (χ1v) is 6.11. The third kappa shape index (κ3) is 3.02. The highest BCUT2D eigenvalue weighted by atomic mass is 16.5. The Labute approximate surface area is 112 Å². The molecule has 0 radical (unpaired) electrons. The molecule has 2 rings (SSSR count). The maximum atomic E-state index is 11.6. The van der Waals surface area contributed by atoms with Crippen molar-refractivity contribution < 1.29 is 19.0 Å². The van der Waals surface area contributed by atoms with Crippen LogP contribution < -0.4 is 5.32 Å². The van der Waals surface area contributed by atoms with Crippen LogP contribution in [0.4, 0.5) is 5.82 Å². The zero-order valence-corrected chi connectivity index (χ0v) is 11.1. The van der Waals surface area contributed by atoms with Crippen LogP contribution in [0.1, 0.15) is 16.8 Å². The molecular weight excluding hydrogens is 248 g/mol. The summed E-state index contributed by atoms with van der Waals surface area (Å²) in [6, 6.07) is 3.37. The molecule has 1 atom stereocenters. The molecule has 1 aromatic heterocycles. The van der Waals surface area contributed by atoms with E-state index in [1.54, 1.807) is 25.4 Å². The lowest BCUT2D eigenvalue weighted by atomic mass is 10.0. The van der Waals surface area contributed by atoms with Gasteiger partial charge in [0, 0.05) is 32.9 Å². The molecule has 104 valence electrons. The van der Waals surface area contributed by atoms with Gasteiger partial charge in [-0.1, -0.05) is 0 Å². The van der Waals surface area contributed by atoms with E-state index in [0.717, 1.165) is 6.42 Å². The number of esters is 1.